The Labute approximate surface area is 202 Å². The van der Waals surface area contributed by atoms with Crippen LogP contribution in [0, 0.1) is 5.92 Å². The number of H-pyrrole nitrogens is 1. The number of hydrogen-bond donors (Lipinski definition) is 4. The largest absolute Gasteiger partial charge is 0.482 e. The van der Waals surface area contributed by atoms with E-state index in [4.69, 9.17) is 4.74 Å². The number of amides is 3. The SMILES string of the molecule is C[C@@H](NC(=O)c1c[nH]c2c(C(=O)NCc3ccc4c(c3)NC(=O)CO4)ncnc12)C1CCCCC1. The highest BCUT2D eigenvalue weighted by molar-refractivity contribution is 6.10. The van der Waals surface area contributed by atoms with Crippen LogP contribution in [0.5, 0.6) is 5.75 Å². The van der Waals surface area contributed by atoms with Gasteiger partial charge in [0.15, 0.2) is 12.3 Å². The molecule has 2 aromatic heterocycles. The van der Waals surface area contributed by atoms with Gasteiger partial charge in [0.1, 0.15) is 17.6 Å². The van der Waals surface area contributed by atoms with E-state index in [0.29, 0.717) is 34.0 Å². The first-order valence-corrected chi connectivity index (χ1v) is 12.0. The smallest absolute Gasteiger partial charge is 0.272 e. The van der Waals surface area contributed by atoms with Crippen molar-refractivity contribution in [3.8, 4) is 5.75 Å². The molecule has 3 heterocycles. The Morgan fingerprint density at radius 3 is 2.83 bits per heavy atom. The second kappa shape index (κ2) is 9.73. The second-order valence-electron chi connectivity index (χ2n) is 9.16. The zero-order valence-corrected chi connectivity index (χ0v) is 19.5. The molecule has 0 radical (unpaired) electrons. The molecule has 0 unspecified atom stereocenters. The highest BCUT2D eigenvalue weighted by Crippen LogP contribution is 2.29. The summed E-state index contributed by atoms with van der Waals surface area (Å²) in [4.78, 5) is 48.9. The molecule has 1 aliphatic carbocycles. The molecule has 3 amide bonds. The van der Waals surface area contributed by atoms with E-state index in [1.807, 2.05) is 6.07 Å². The Kier molecular flexibility index (Phi) is 6.35. The highest BCUT2D eigenvalue weighted by atomic mass is 16.5. The van der Waals surface area contributed by atoms with Crippen LogP contribution in [0.3, 0.4) is 0 Å². The van der Waals surface area contributed by atoms with Gasteiger partial charge in [0.2, 0.25) is 0 Å². The number of nitrogens with one attached hydrogen (secondary N) is 4. The van der Waals surface area contributed by atoms with Crippen LogP contribution in [-0.4, -0.2) is 45.3 Å². The summed E-state index contributed by atoms with van der Waals surface area (Å²) in [5, 5.41) is 8.69. The third-order valence-corrected chi connectivity index (χ3v) is 6.77. The predicted octanol–water partition coefficient (Wildman–Crippen LogP) is 2.92. The summed E-state index contributed by atoms with van der Waals surface area (Å²) >= 11 is 0. The van der Waals surface area contributed by atoms with E-state index in [1.54, 1.807) is 18.3 Å². The predicted molar refractivity (Wildman–Crippen MR) is 129 cm³/mol. The first-order chi connectivity index (χ1) is 17.0. The lowest BCUT2D eigenvalue weighted by atomic mass is 9.84. The Balaban J connectivity index is 1.28. The molecular formula is C25H28N6O4. The molecule has 0 spiro atoms. The number of benzene rings is 1. The Bertz CT molecular complexity index is 1280. The van der Waals surface area contributed by atoms with Gasteiger partial charge >= 0.3 is 0 Å². The third kappa shape index (κ3) is 4.82. The number of hydrogen-bond acceptors (Lipinski definition) is 6. The van der Waals surface area contributed by atoms with Crippen molar-refractivity contribution in [2.75, 3.05) is 11.9 Å². The number of rotatable bonds is 6. The molecule has 2 aliphatic rings. The van der Waals surface area contributed by atoms with Gasteiger partial charge in [-0.05, 0) is 43.4 Å². The van der Waals surface area contributed by atoms with Gasteiger partial charge in [-0.1, -0.05) is 25.3 Å². The van der Waals surface area contributed by atoms with Crippen LogP contribution < -0.4 is 20.7 Å². The zero-order valence-electron chi connectivity index (χ0n) is 19.5. The van der Waals surface area contributed by atoms with Gasteiger partial charge in [-0.25, -0.2) is 9.97 Å². The van der Waals surface area contributed by atoms with Crippen LogP contribution in [-0.2, 0) is 11.3 Å². The number of aromatic nitrogens is 3. The van der Waals surface area contributed by atoms with Crippen molar-refractivity contribution in [2.24, 2.45) is 5.92 Å². The third-order valence-electron chi connectivity index (χ3n) is 6.77. The molecule has 4 N–H and O–H groups in total. The Morgan fingerprint density at radius 2 is 2.00 bits per heavy atom. The van der Waals surface area contributed by atoms with Crippen LogP contribution >= 0.6 is 0 Å². The molecule has 1 aliphatic heterocycles. The van der Waals surface area contributed by atoms with Crippen molar-refractivity contribution < 1.29 is 19.1 Å². The van der Waals surface area contributed by atoms with Gasteiger partial charge in [-0.3, -0.25) is 14.4 Å². The normalized spacial score (nSPS) is 16.7. The summed E-state index contributed by atoms with van der Waals surface area (Å²) < 4.78 is 5.36. The first-order valence-electron chi connectivity index (χ1n) is 12.0. The van der Waals surface area contributed by atoms with Crippen molar-refractivity contribution in [3.63, 3.8) is 0 Å². The van der Waals surface area contributed by atoms with Gasteiger partial charge in [0.25, 0.3) is 17.7 Å². The summed E-state index contributed by atoms with van der Waals surface area (Å²) in [6.07, 6.45) is 8.80. The van der Waals surface area contributed by atoms with Crippen LogP contribution in [0.1, 0.15) is 65.4 Å². The van der Waals surface area contributed by atoms with E-state index in [-0.39, 0.29) is 36.7 Å². The molecular weight excluding hydrogens is 448 g/mol. The van der Waals surface area contributed by atoms with E-state index in [9.17, 15) is 14.4 Å². The molecule has 1 saturated carbocycles. The molecule has 3 aromatic rings. The van der Waals surface area contributed by atoms with Gasteiger partial charge in [0.05, 0.1) is 16.8 Å². The van der Waals surface area contributed by atoms with E-state index in [0.717, 1.165) is 18.4 Å². The van der Waals surface area contributed by atoms with Crippen LogP contribution in [0.25, 0.3) is 11.0 Å². The number of fused-ring (bicyclic) bond motifs is 2. The zero-order chi connectivity index (χ0) is 24.4. The van der Waals surface area contributed by atoms with E-state index in [2.05, 4.69) is 37.8 Å². The summed E-state index contributed by atoms with van der Waals surface area (Å²) in [7, 11) is 0. The molecule has 1 aromatic carbocycles. The molecule has 1 atom stereocenters. The summed E-state index contributed by atoms with van der Waals surface area (Å²) in [6, 6.07) is 5.40. The summed E-state index contributed by atoms with van der Waals surface area (Å²) in [5.74, 6) is 0.240. The fourth-order valence-corrected chi connectivity index (χ4v) is 4.83. The van der Waals surface area contributed by atoms with E-state index in [1.165, 1.54) is 25.6 Å². The second-order valence-corrected chi connectivity index (χ2v) is 9.16. The van der Waals surface area contributed by atoms with Gasteiger partial charge in [0, 0.05) is 18.8 Å². The fourth-order valence-electron chi connectivity index (χ4n) is 4.83. The minimum Gasteiger partial charge on any atom is -0.482 e. The van der Waals surface area contributed by atoms with Crippen molar-refractivity contribution in [2.45, 2.75) is 51.6 Å². The molecule has 0 bridgehead atoms. The number of aromatic amines is 1. The van der Waals surface area contributed by atoms with Crippen LogP contribution in [0.4, 0.5) is 5.69 Å². The number of carbonyl (C=O) groups is 3. The summed E-state index contributed by atoms with van der Waals surface area (Å²) in [6.45, 7) is 2.26. The van der Waals surface area contributed by atoms with Gasteiger partial charge in [-0.2, -0.15) is 0 Å². The summed E-state index contributed by atoms with van der Waals surface area (Å²) in [5.41, 5.74) is 2.73. The molecule has 5 rings (SSSR count). The monoisotopic (exact) mass is 476 g/mol. The van der Waals surface area contributed by atoms with Crippen molar-refractivity contribution in [1.82, 2.24) is 25.6 Å². The number of ether oxygens (including phenoxy) is 1. The number of nitrogens with zero attached hydrogens (tertiary/aromatic N) is 2. The maximum atomic E-state index is 13.0. The standard InChI is InChI=1S/C25H28N6O4/c1-14(16-5-3-2-4-6-16)30-24(33)17-11-26-22-21(17)28-13-29-23(22)25(34)27-10-15-7-8-19-18(9-15)31-20(32)12-35-19/h7-9,11,13-14,16,26H,2-6,10,12H2,1H3,(H,27,34)(H,30,33)(H,31,32)/t14-/m1/s1. The van der Waals surface area contributed by atoms with Crippen LogP contribution in [0.2, 0.25) is 0 Å². The number of anilines is 1. The maximum Gasteiger partial charge on any atom is 0.272 e. The topological polar surface area (TPSA) is 138 Å². The van der Waals surface area contributed by atoms with Gasteiger partial charge < -0.3 is 25.7 Å². The van der Waals surface area contributed by atoms with E-state index < -0.39 is 5.91 Å². The highest BCUT2D eigenvalue weighted by Gasteiger charge is 2.25. The molecule has 0 saturated heterocycles. The molecule has 182 valence electrons. The minimum atomic E-state index is -0.403. The molecule has 35 heavy (non-hydrogen) atoms. The minimum absolute atomic E-state index is 0.0115. The quantitative estimate of drug-likeness (QED) is 0.432. The Hall–Kier alpha value is -3.95. The molecule has 1 fully saturated rings. The first kappa shape index (κ1) is 22.8. The average Bonchev–Trinajstić information content (AvgIpc) is 3.32. The van der Waals surface area contributed by atoms with Crippen molar-refractivity contribution >= 4 is 34.4 Å². The fraction of sp³-hybridized carbons (Fsp3) is 0.400. The van der Waals surface area contributed by atoms with Crippen molar-refractivity contribution in [1.29, 1.82) is 0 Å². The van der Waals surface area contributed by atoms with Crippen molar-refractivity contribution in [3.05, 3.63) is 47.5 Å². The molecule has 10 nitrogen and oxygen atoms in total. The average molecular weight is 477 g/mol. The Morgan fingerprint density at radius 1 is 1.17 bits per heavy atom. The van der Waals surface area contributed by atoms with E-state index >= 15 is 0 Å². The lowest BCUT2D eigenvalue weighted by Crippen LogP contribution is -2.38. The van der Waals surface area contributed by atoms with Crippen LogP contribution in [0.15, 0.2) is 30.7 Å². The molecule has 10 heteroatoms. The van der Waals surface area contributed by atoms with Gasteiger partial charge in [-0.15, -0.1) is 0 Å². The lowest BCUT2D eigenvalue weighted by molar-refractivity contribution is -0.118. The number of carbonyl (C=O) groups excluding carboxylic acids is 3. The maximum absolute atomic E-state index is 13.0. The lowest BCUT2D eigenvalue weighted by Gasteiger charge is -2.28.